The van der Waals surface area contributed by atoms with Crippen molar-refractivity contribution in [1.82, 2.24) is 4.98 Å². The molecule has 0 saturated heterocycles. The van der Waals surface area contributed by atoms with Gasteiger partial charge < -0.3 is 5.11 Å². The molecule has 0 saturated carbocycles. The van der Waals surface area contributed by atoms with Crippen molar-refractivity contribution >= 4 is 22.7 Å². The Morgan fingerprint density at radius 1 is 1.10 bits per heavy atom. The second-order valence-electron chi connectivity index (χ2n) is 4.43. The molecule has 2 nitrogen and oxygen atoms in total. The second-order valence-corrected chi connectivity index (χ2v) is 5.47. The molecule has 0 spiro atoms. The van der Waals surface area contributed by atoms with Crippen LogP contribution in [0.3, 0.4) is 0 Å². The van der Waals surface area contributed by atoms with Crippen molar-refractivity contribution in [3.63, 3.8) is 0 Å². The van der Waals surface area contributed by atoms with Gasteiger partial charge in [0.05, 0.1) is 5.52 Å². The number of phenols is 1. The third-order valence-corrected chi connectivity index (χ3v) is 4.00. The number of thioether (sulfide) groups is 1. The van der Waals surface area contributed by atoms with Crippen LogP contribution in [0.2, 0.25) is 0 Å². The van der Waals surface area contributed by atoms with Gasteiger partial charge in [0, 0.05) is 22.2 Å². The Balaban J connectivity index is 1.91. The van der Waals surface area contributed by atoms with Gasteiger partial charge in [0.2, 0.25) is 0 Å². The average Bonchev–Trinajstić information content (AvgIpc) is 2.44. The van der Waals surface area contributed by atoms with Gasteiger partial charge in [0.1, 0.15) is 11.6 Å². The number of hydrogen-bond acceptors (Lipinski definition) is 3. The molecule has 20 heavy (non-hydrogen) atoms. The minimum Gasteiger partial charge on any atom is -0.508 e. The van der Waals surface area contributed by atoms with Crippen LogP contribution < -0.4 is 0 Å². The maximum Gasteiger partial charge on any atom is 0.124 e. The topological polar surface area (TPSA) is 33.1 Å². The third kappa shape index (κ3) is 2.75. The van der Waals surface area contributed by atoms with E-state index in [2.05, 4.69) is 4.98 Å². The minimum absolute atomic E-state index is 0.234. The average molecular weight is 285 g/mol. The fourth-order valence-electron chi connectivity index (χ4n) is 2.07. The lowest BCUT2D eigenvalue weighted by Crippen LogP contribution is -1.89. The Morgan fingerprint density at radius 3 is 2.85 bits per heavy atom. The van der Waals surface area contributed by atoms with Gasteiger partial charge in [0.15, 0.2) is 0 Å². The molecule has 0 bridgehead atoms. The van der Waals surface area contributed by atoms with Crippen LogP contribution >= 0.6 is 11.8 Å². The number of fused-ring (bicyclic) bond motifs is 1. The molecule has 0 fully saturated rings. The number of nitrogens with zero attached hydrogens (tertiary/aromatic N) is 1. The zero-order valence-corrected chi connectivity index (χ0v) is 11.4. The Kier molecular flexibility index (Phi) is 3.56. The molecule has 1 heterocycles. The van der Waals surface area contributed by atoms with Crippen molar-refractivity contribution < 1.29 is 9.50 Å². The highest BCUT2D eigenvalue weighted by molar-refractivity contribution is 7.98. The highest BCUT2D eigenvalue weighted by Gasteiger charge is 2.06. The first-order valence-corrected chi connectivity index (χ1v) is 7.16. The molecule has 2 aromatic carbocycles. The normalized spacial score (nSPS) is 10.8. The van der Waals surface area contributed by atoms with Crippen LogP contribution in [0, 0.1) is 5.82 Å². The SMILES string of the molecule is Oc1cccc(SCc2cc(F)cc3cccnc23)c1. The Morgan fingerprint density at radius 2 is 2.00 bits per heavy atom. The number of aromatic hydroxyl groups is 1. The summed E-state index contributed by atoms with van der Waals surface area (Å²) in [6.45, 7) is 0. The molecule has 0 aliphatic heterocycles. The number of aromatic nitrogens is 1. The van der Waals surface area contributed by atoms with Gasteiger partial charge in [0.25, 0.3) is 0 Å². The molecule has 0 aliphatic carbocycles. The van der Waals surface area contributed by atoms with Crippen molar-refractivity contribution in [3.05, 3.63) is 66.1 Å². The quantitative estimate of drug-likeness (QED) is 0.725. The number of rotatable bonds is 3. The van der Waals surface area contributed by atoms with Gasteiger partial charge >= 0.3 is 0 Å². The first kappa shape index (κ1) is 12.9. The molecule has 0 aliphatic rings. The smallest absolute Gasteiger partial charge is 0.124 e. The molecular formula is C16H12FNOS. The lowest BCUT2D eigenvalue weighted by molar-refractivity contribution is 0.474. The van der Waals surface area contributed by atoms with Crippen molar-refractivity contribution in [3.8, 4) is 5.75 Å². The predicted octanol–water partition coefficient (Wildman–Crippen LogP) is 4.37. The number of halogens is 1. The fraction of sp³-hybridized carbons (Fsp3) is 0.0625. The molecular weight excluding hydrogens is 273 g/mol. The summed E-state index contributed by atoms with van der Waals surface area (Å²) in [5, 5.41) is 10.2. The maximum atomic E-state index is 13.6. The Bertz CT molecular complexity index is 760. The fourth-order valence-corrected chi connectivity index (χ4v) is 2.99. The van der Waals surface area contributed by atoms with Gasteiger partial charge in [-0.15, -0.1) is 11.8 Å². The lowest BCUT2D eigenvalue weighted by Gasteiger charge is -2.06. The highest BCUT2D eigenvalue weighted by Crippen LogP contribution is 2.28. The lowest BCUT2D eigenvalue weighted by atomic mass is 10.1. The Hall–Kier alpha value is -2.07. The van der Waals surface area contributed by atoms with E-state index in [0.717, 1.165) is 21.4 Å². The molecule has 0 atom stereocenters. The number of hydrogen-bond donors (Lipinski definition) is 1. The number of phenolic OH excluding ortho intramolecular Hbond substituents is 1. The van der Waals surface area contributed by atoms with E-state index in [4.69, 9.17) is 0 Å². The molecule has 0 amide bonds. The molecule has 100 valence electrons. The van der Waals surface area contributed by atoms with E-state index in [0.29, 0.717) is 5.75 Å². The molecule has 0 radical (unpaired) electrons. The summed E-state index contributed by atoms with van der Waals surface area (Å²) in [6, 6.07) is 13.7. The standard InChI is InChI=1S/C16H12FNOS/c17-13-7-11-3-2-6-18-16(11)12(8-13)10-20-15-5-1-4-14(19)9-15/h1-9,19H,10H2. The molecule has 3 rings (SSSR count). The van der Waals surface area contributed by atoms with Gasteiger partial charge in [-0.25, -0.2) is 4.39 Å². The van der Waals surface area contributed by atoms with E-state index in [1.165, 1.54) is 12.1 Å². The largest absolute Gasteiger partial charge is 0.508 e. The van der Waals surface area contributed by atoms with Gasteiger partial charge in [-0.1, -0.05) is 12.1 Å². The van der Waals surface area contributed by atoms with Crippen LogP contribution in [0.25, 0.3) is 10.9 Å². The monoisotopic (exact) mass is 285 g/mol. The summed E-state index contributed by atoms with van der Waals surface area (Å²) >= 11 is 1.54. The highest BCUT2D eigenvalue weighted by atomic mass is 32.2. The first-order valence-electron chi connectivity index (χ1n) is 6.17. The third-order valence-electron chi connectivity index (χ3n) is 2.96. The van der Waals surface area contributed by atoms with Crippen molar-refractivity contribution in [1.29, 1.82) is 0 Å². The summed E-state index contributed by atoms with van der Waals surface area (Å²) in [7, 11) is 0. The van der Waals surface area contributed by atoms with E-state index in [1.54, 1.807) is 42.2 Å². The number of pyridine rings is 1. The molecule has 3 aromatic rings. The summed E-state index contributed by atoms with van der Waals surface area (Å²) in [4.78, 5) is 5.27. The van der Waals surface area contributed by atoms with Crippen LogP contribution in [-0.4, -0.2) is 10.1 Å². The molecule has 0 unspecified atom stereocenters. The van der Waals surface area contributed by atoms with Crippen molar-refractivity contribution in [2.75, 3.05) is 0 Å². The summed E-state index contributed by atoms with van der Waals surface area (Å²) in [5.41, 5.74) is 1.68. The van der Waals surface area contributed by atoms with Gasteiger partial charge in [-0.2, -0.15) is 0 Å². The molecule has 1 N–H and O–H groups in total. The van der Waals surface area contributed by atoms with Crippen LogP contribution in [-0.2, 0) is 5.75 Å². The zero-order chi connectivity index (χ0) is 13.9. The minimum atomic E-state index is -0.253. The van der Waals surface area contributed by atoms with Crippen LogP contribution in [0.5, 0.6) is 5.75 Å². The van der Waals surface area contributed by atoms with E-state index < -0.39 is 0 Å². The van der Waals surface area contributed by atoms with Crippen molar-refractivity contribution in [2.45, 2.75) is 10.6 Å². The van der Waals surface area contributed by atoms with Crippen LogP contribution in [0.4, 0.5) is 4.39 Å². The maximum absolute atomic E-state index is 13.6. The van der Waals surface area contributed by atoms with Gasteiger partial charge in [-0.05, 0) is 42.0 Å². The summed E-state index contributed by atoms with van der Waals surface area (Å²) < 4.78 is 13.6. The Labute approximate surface area is 120 Å². The van der Waals surface area contributed by atoms with E-state index in [-0.39, 0.29) is 11.6 Å². The predicted molar refractivity (Wildman–Crippen MR) is 79.4 cm³/mol. The summed E-state index contributed by atoms with van der Waals surface area (Å²) in [6.07, 6.45) is 1.71. The van der Waals surface area contributed by atoms with Crippen molar-refractivity contribution in [2.24, 2.45) is 0 Å². The zero-order valence-electron chi connectivity index (χ0n) is 10.6. The summed E-state index contributed by atoms with van der Waals surface area (Å²) in [5.74, 6) is 0.587. The molecule has 1 aromatic heterocycles. The van der Waals surface area contributed by atoms with Gasteiger partial charge in [-0.3, -0.25) is 4.98 Å². The van der Waals surface area contributed by atoms with E-state index >= 15 is 0 Å². The van der Waals surface area contributed by atoms with E-state index in [9.17, 15) is 9.50 Å². The second kappa shape index (κ2) is 5.51. The van der Waals surface area contributed by atoms with Crippen LogP contribution in [0.1, 0.15) is 5.56 Å². The first-order chi connectivity index (χ1) is 9.72. The number of benzene rings is 2. The van der Waals surface area contributed by atoms with Crippen LogP contribution in [0.15, 0.2) is 59.6 Å². The van der Waals surface area contributed by atoms with E-state index in [1.807, 2.05) is 12.1 Å². The molecule has 4 heteroatoms.